The van der Waals surface area contributed by atoms with Crippen molar-refractivity contribution in [2.24, 2.45) is 11.6 Å². The van der Waals surface area contributed by atoms with E-state index in [0.29, 0.717) is 12.5 Å². The molecule has 0 aliphatic carbocycles. The first kappa shape index (κ1) is 36.3. The van der Waals surface area contributed by atoms with Crippen LogP contribution >= 0.6 is 45.1 Å². The van der Waals surface area contributed by atoms with E-state index >= 15 is 0 Å². The average Bonchev–Trinajstić information content (AvgIpc) is 3.24. The molecule has 0 radical (unpaired) electrons. The van der Waals surface area contributed by atoms with Gasteiger partial charge in [0.05, 0.1) is 12.2 Å². The van der Waals surface area contributed by atoms with Gasteiger partial charge < -0.3 is 40.5 Å². The Hall–Kier alpha value is -0.850. The van der Waals surface area contributed by atoms with Gasteiger partial charge in [-0.15, -0.1) is 0 Å². The van der Waals surface area contributed by atoms with Gasteiger partial charge >= 0.3 is 29.2 Å². The maximum atomic E-state index is 12.5. The largest absolute Gasteiger partial charge is 0.490 e. The fourth-order valence-electron chi connectivity index (χ4n) is 2.90. The smallest absolute Gasteiger partial charge is 0.382 e. The van der Waals surface area contributed by atoms with E-state index in [1.165, 1.54) is 17.0 Å². The number of ether oxygens (including phenoxy) is 2. The first-order chi connectivity index (χ1) is 18.9. The molecule has 1 saturated heterocycles. The topological polar surface area (TPSA) is 300 Å². The molecule has 0 amide bonds. The third-order valence-electron chi connectivity index (χ3n) is 4.77. The van der Waals surface area contributed by atoms with Crippen LogP contribution in [0.25, 0.3) is 0 Å². The summed E-state index contributed by atoms with van der Waals surface area (Å²) in [6, 6.07) is 0. The Kier molecular flexibility index (Phi) is 13.5. The molecule has 1 aromatic rings. The van der Waals surface area contributed by atoms with Crippen molar-refractivity contribution in [3.8, 4) is 11.8 Å². The lowest BCUT2D eigenvalue weighted by atomic mass is 10.2. The van der Waals surface area contributed by atoms with E-state index in [4.69, 9.17) is 41.5 Å². The monoisotopic (exact) mass is 685 g/mol. The van der Waals surface area contributed by atoms with Gasteiger partial charge in [0.2, 0.25) is 0 Å². The maximum Gasteiger partial charge on any atom is 0.490 e. The number of nitrogens with two attached hydrogens (primary N) is 3. The Balaban J connectivity index is 2.03. The van der Waals surface area contributed by atoms with Gasteiger partial charge in [0.25, 0.3) is 0 Å². The first-order valence-corrected chi connectivity index (χ1v) is 18.0. The fourth-order valence-corrected chi connectivity index (χ4v) is 8.02. The molecule has 234 valence electrons. The van der Waals surface area contributed by atoms with Gasteiger partial charge in [0, 0.05) is 23.9 Å². The molecule has 24 heteroatoms. The predicted molar refractivity (Wildman–Crippen MR) is 146 cm³/mol. The minimum Gasteiger partial charge on any atom is -0.382 e. The van der Waals surface area contributed by atoms with Gasteiger partial charge in [-0.25, -0.2) is 24.4 Å². The molecule has 1 fully saturated rings. The molecule has 2 heterocycles. The molecule has 10 N–H and O–H groups in total. The Bertz CT molecular complexity index is 1320. The molecule has 2 rings (SSSR count). The van der Waals surface area contributed by atoms with Crippen LogP contribution in [0.15, 0.2) is 11.0 Å². The molecule has 5 atom stereocenters. The van der Waals surface area contributed by atoms with Crippen LogP contribution in [0.2, 0.25) is 0 Å². The summed E-state index contributed by atoms with van der Waals surface area (Å²) in [7, 11) is -13.6. The summed E-state index contributed by atoms with van der Waals surface area (Å²) in [5.41, 5.74) is 10.8. The number of rotatable bonds is 15. The number of hydrogen-bond donors (Lipinski definition) is 7. The Morgan fingerprint density at radius 2 is 1.90 bits per heavy atom. The molecule has 0 spiro atoms. The highest BCUT2D eigenvalue weighted by atomic mass is 33.1. The normalized spacial score (nSPS) is 22.5. The van der Waals surface area contributed by atoms with Crippen LogP contribution in [0, 0.1) is 11.8 Å². The van der Waals surface area contributed by atoms with Gasteiger partial charge in [-0.05, 0) is 13.8 Å². The van der Waals surface area contributed by atoms with E-state index in [1.54, 1.807) is 10.8 Å². The Morgan fingerprint density at radius 1 is 1.22 bits per heavy atom. The number of nitrogens with zero attached hydrogens (tertiary/aromatic N) is 2. The van der Waals surface area contributed by atoms with Gasteiger partial charge in [-0.3, -0.25) is 13.9 Å². The minimum absolute atomic E-state index is 0.0564. The van der Waals surface area contributed by atoms with Crippen LogP contribution in [0.3, 0.4) is 0 Å². The van der Waals surface area contributed by atoms with E-state index < -0.39 is 54.2 Å². The van der Waals surface area contributed by atoms with Crippen LogP contribution in [0.4, 0.5) is 5.82 Å². The second-order valence-corrected chi connectivity index (χ2v) is 16.0. The van der Waals surface area contributed by atoms with Crippen LogP contribution in [-0.4, -0.2) is 71.8 Å². The quantitative estimate of drug-likeness (QED) is 0.0323. The third kappa shape index (κ3) is 12.7. The van der Waals surface area contributed by atoms with Crippen molar-refractivity contribution in [2.45, 2.75) is 43.5 Å². The molecule has 0 saturated carbocycles. The Labute approximate surface area is 241 Å². The molecule has 41 heavy (non-hydrogen) atoms. The molecule has 3 unspecified atom stereocenters. The zero-order valence-electron chi connectivity index (χ0n) is 21.5. The van der Waals surface area contributed by atoms with Gasteiger partial charge in [-0.1, -0.05) is 33.4 Å². The SMILES string of the molecule is CC(C)(CN)SSCOCC#Cc1cn([C@H]2CC(ON)[C@@H](COP(=O)(O)OP(=O)(O)OP(=O)(O)O)O2)c(=O)nc1N. The standard InChI is InChI=1S/C17H30N5O14P3S2/c1-17(2,9-18)41-40-10-31-5-3-4-11-7-22(16(23)21-15(11)19)14-6-12(34-20)13(33-14)8-32-38(27,28)36-39(29,30)35-37(24,25)26/h7,12-14H,5-6,8-10,18,20H2,1-2H3,(H,27,28)(H,29,30)(H2,19,21,23)(H2,24,25,26)/t12?,13-,14-/m1/s1. The number of anilines is 1. The molecule has 0 bridgehead atoms. The molecular formula is C17H30N5O14P3S2. The highest BCUT2D eigenvalue weighted by Gasteiger charge is 2.43. The van der Waals surface area contributed by atoms with Gasteiger partial charge in [0.15, 0.2) is 0 Å². The van der Waals surface area contributed by atoms with E-state index in [-0.39, 0.29) is 29.2 Å². The zero-order valence-corrected chi connectivity index (χ0v) is 25.8. The summed E-state index contributed by atoms with van der Waals surface area (Å²) in [5.74, 6) is 11.0. The van der Waals surface area contributed by atoms with E-state index in [2.05, 4.69) is 30.0 Å². The number of phosphoric acid groups is 3. The Morgan fingerprint density at radius 3 is 2.51 bits per heavy atom. The summed E-state index contributed by atoms with van der Waals surface area (Å²) in [6.45, 7) is 3.72. The molecule has 1 aromatic heterocycles. The highest BCUT2D eigenvalue weighted by molar-refractivity contribution is 8.77. The summed E-state index contributed by atoms with van der Waals surface area (Å²) in [4.78, 5) is 57.1. The lowest BCUT2D eigenvalue weighted by Gasteiger charge is -2.20. The van der Waals surface area contributed by atoms with E-state index in [0.717, 1.165) is 4.57 Å². The van der Waals surface area contributed by atoms with Gasteiger partial charge in [-0.2, -0.15) is 13.6 Å². The van der Waals surface area contributed by atoms with E-state index in [9.17, 15) is 28.3 Å². The summed E-state index contributed by atoms with van der Waals surface area (Å²) < 4.78 is 58.1. The lowest BCUT2D eigenvalue weighted by Crippen LogP contribution is -2.31. The fraction of sp³-hybridized carbons (Fsp3) is 0.647. The van der Waals surface area contributed by atoms with Crippen LogP contribution < -0.4 is 23.1 Å². The molecule has 1 aliphatic heterocycles. The maximum absolute atomic E-state index is 12.5. The molecule has 19 nitrogen and oxygen atoms in total. The zero-order chi connectivity index (χ0) is 31.1. The summed E-state index contributed by atoms with van der Waals surface area (Å²) >= 11 is 0. The number of hydrogen-bond acceptors (Lipinski definition) is 16. The first-order valence-electron chi connectivity index (χ1n) is 11.1. The van der Waals surface area contributed by atoms with Crippen LogP contribution in [0.5, 0.6) is 0 Å². The van der Waals surface area contributed by atoms with Crippen molar-refractivity contribution in [1.29, 1.82) is 0 Å². The number of phosphoric ester groups is 1. The van der Waals surface area contributed by atoms with Crippen molar-refractivity contribution < 1.29 is 60.7 Å². The molecule has 0 aromatic carbocycles. The summed E-state index contributed by atoms with van der Waals surface area (Å²) in [6.07, 6.45) is -2.17. The van der Waals surface area contributed by atoms with E-state index in [1.807, 2.05) is 13.8 Å². The number of aromatic nitrogens is 2. The third-order valence-corrected chi connectivity index (χ3v) is 11.6. The van der Waals surface area contributed by atoms with Crippen LogP contribution in [0.1, 0.15) is 32.1 Å². The second kappa shape index (κ2) is 15.2. The lowest BCUT2D eigenvalue weighted by molar-refractivity contribution is -0.0618. The van der Waals surface area contributed by atoms with Crippen molar-refractivity contribution >= 4 is 50.9 Å². The average molecular weight is 686 g/mol. The van der Waals surface area contributed by atoms with Crippen molar-refractivity contribution in [1.82, 2.24) is 9.55 Å². The molecule has 1 aliphatic rings. The molecular weight excluding hydrogens is 655 g/mol. The van der Waals surface area contributed by atoms with Gasteiger partial charge in [0.1, 0.15) is 36.8 Å². The van der Waals surface area contributed by atoms with Crippen molar-refractivity contribution in [3.63, 3.8) is 0 Å². The minimum atomic E-state index is -5.71. The van der Waals surface area contributed by atoms with Crippen LogP contribution in [-0.2, 0) is 41.2 Å². The highest BCUT2D eigenvalue weighted by Crippen LogP contribution is 2.66. The predicted octanol–water partition coefficient (Wildman–Crippen LogP) is 0.160. The number of nitrogen functional groups attached to an aromatic ring is 1. The second-order valence-electron chi connectivity index (χ2n) is 8.59. The van der Waals surface area contributed by atoms with Crippen molar-refractivity contribution in [3.05, 3.63) is 22.2 Å². The summed E-state index contributed by atoms with van der Waals surface area (Å²) in [5, 5.41) is 0. The van der Waals surface area contributed by atoms with Crippen molar-refractivity contribution in [2.75, 3.05) is 31.4 Å².